The van der Waals surface area contributed by atoms with Crippen LogP contribution in [-0.2, 0) is 22.4 Å². The van der Waals surface area contributed by atoms with E-state index < -0.39 is 6.04 Å². The molecule has 2 aromatic rings. The summed E-state index contributed by atoms with van der Waals surface area (Å²) in [7, 11) is 0. The number of nitrogens with one attached hydrogen (secondary N) is 1. The Balaban J connectivity index is 1.76. The molecule has 120 valence electrons. The van der Waals surface area contributed by atoms with Gasteiger partial charge in [0.05, 0.1) is 6.42 Å². The Morgan fingerprint density at radius 1 is 1.35 bits per heavy atom. The summed E-state index contributed by atoms with van der Waals surface area (Å²) in [4.78, 5) is 26.5. The van der Waals surface area contributed by atoms with E-state index in [-0.39, 0.29) is 18.2 Å². The Labute approximate surface area is 133 Å². The fourth-order valence-corrected chi connectivity index (χ4v) is 2.71. The summed E-state index contributed by atoms with van der Waals surface area (Å²) in [5.41, 5.74) is 2.13. The molecule has 1 aromatic carbocycles. The molecular weight excluding hydrogens is 296 g/mol. The minimum atomic E-state index is -0.501. The topological polar surface area (TPSA) is 88.3 Å². The van der Waals surface area contributed by atoms with Crippen LogP contribution in [0.2, 0.25) is 0 Å². The Morgan fingerprint density at radius 3 is 2.83 bits per heavy atom. The van der Waals surface area contributed by atoms with Crippen molar-refractivity contribution in [2.75, 3.05) is 13.1 Å². The van der Waals surface area contributed by atoms with Gasteiger partial charge in [0.1, 0.15) is 17.4 Å². The number of carbonyl (C=O) groups excluding carboxylic acids is 2. The van der Waals surface area contributed by atoms with E-state index in [1.165, 1.54) is 0 Å². The zero-order chi connectivity index (χ0) is 16.2. The van der Waals surface area contributed by atoms with Crippen LogP contribution in [-0.4, -0.2) is 46.2 Å². The number of aromatic nitrogens is 2. The number of rotatable bonds is 4. The quantitative estimate of drug-likeness (QED) is 0.887. The van der Waals surface area contributed by atoms with Crippen molar-refractivity contribution in [2.45, 2.75) is 25.8 Å². The van der Waals surface area contributed by atoms with Gasteiger partial charge in [-0.1, -0.05) is 40.6 Å². The molecule has 7 nitrogen and oxygen atoms in total. The predicted molar refractivity (Wildman–Crippen MR) is 81.4 cm³/mol. The zero-order valence-corrected chi connectivity index (χ0v) is 12.9. The maximum atomic E-state index is 12.6. The Kier molecular flexibility index (Phi) is 4.36. The van der Waals surface area contributed by atoms with Gasteiger partial charge in [-0.2, -0.15) is 0 Å². The first-order valence-corrected chi connectivity index (χ1v) is 7.54. The van der Waals surface area contributed by atoms with Crippen LogP contribution in [0.3, 0.4) is 0 Å². The molecule has 0 unspecified atom stereocenters. The van der Waals surface area contributed by atoms with Crippen molar-refractivity contribution >= 4 is 11.8 Å². The molecule has 1 aliphatic heterocycles. The molecule has 1 N–H and O–H groups in total. The minimum Gasteiger partial charge on any atom is -0.353 e. The van der Waals surface area contributed by atoms with E-state index in [2.05, 4.69) is 20.3 Å². The summed E-state index contributed by atoms with van der Waals surface area (Å²) in [6, 6.07) is 9.18. The van der Waals surface area contributed by atoms with Gasteiger partial charge in [-0.15, -0.1) is 0 Å². The van der Waals surface area contributed by atoms with Crippen molar-refractivity contribution in [3.8, 4) is 0 Å². The van der Waals surface area contributed by atoms with E-state index in [4.69, 9.17) is 0 Å². The van der Waals surface area contributed by atoms with Gasteiger partial charge in [0.15, 0.2) is 0 Å². The fraction of sp³-hybridized carbons (Fsp3) is 0.375. The molecule has 0 bridgehead atoms. The molecule has 1 saturated heterocycles. The average molecular weight is 314 g/mol. The van der Waals surface area contributed by atoms with E-state index in [1.54, 1.807) is 11.8 Å². The van der Waals surface area contributed by atoms with Crippen LogP contribution < -0.4 is 5.32 Å². The van der Waals surface area contributed by atoms with Crippen LogP contribution in [0.5, 0.6) is 0 Å². The molecule has 0 saturated carbocycles. The molecule has 0 spiro atoms. The Morgan fingerprint density at radius 2 is 2.13 bits per heavy atom. The normalized spacial score (nSPS) is 17.9. The molecule has 2 amide bonds. The average Bonchev–Trinajstić information content (AvgIpc) is 2.95. The third-order valence-corrected chi connectivity index (χ3v) is 3.99. The number of carbonyl (C=O) groups is 2. The van der Waals surface area contributed by atoms with Crippen molar-refractivity contribution < 1.29 is 14.2 Å². The van der Waals surface area contributed by atoms with Gasteiger partial charge in [0, 0.05) is 19.5 Å². The second-order valence-corrected chi connectivity index (χ2v) is 5.56. The molecule has 1 aliphatic rings. The van der Waals surface area contributed by atoms with Crippen molar-refractivity contribution in [3.05, 3.63) is 47.3 Å². The van der Waals surface area contributed by atoms with Gasteiger partial charge in [-0.05, 0) is 12.5 Å². The van der Waals surface area contributed by atoms with Crippen LogP contribution in [0.1, 0.15) is 17.0 Å². The lowest BCUT2D eigenvalue weighted by molar-refractivity contribution is -0.142. The van der Waals surface area contributed by atoms with E-state index >= 15 is 0 Å². The highest BCUT2D eigenvalue weighted by Gasteiger charge is 2.33. The number of hydrogen-bond donors (Lipinski definition) is 1. The molecule has 0 radical (unpaired) electrons. The second-order valence-electron chi connectivity index (χ2n) is 5.56. The number of nitrogens with zero attached hydrogens (tertiary/aromatic N) is 3. The van der Waals surface area contributed by atoms with E-state index in [1.807, 2.05) is 30.3 Å². The first kappa shape index (κ1) is 15.2. The van der Waals surface area contributed by atoms with Gasteiger partial charge >= 0.3 is 0 Å². The lowest BCUT2D eigenvalue weighted by Crippen LogP contribution is -2.58. The molecule has 23 heavy (non-hydrogen) atoms. The monoisotopic (exact) mass is 314 g/mol. The number of benzene rings is 1. The summed E-state index contributed by atoms with van der Waals surface area (Å²) in [6.07, 6.45) is 0.586. The lowest BCUT2D eigenvalue weighted by atomic mass is 10.0. The van der Waals surface area contributed by atoms with Crippen molar-refractivity contribution in [3.63, 3.8) is 0 Å². The maximum absolute atomic E-state index is 12.6. The molecule has 1 aromatic heterocycles. The Hall–Kier alpha value is -2.70. The molecular formula is C16H18N4O3. The van der Waals surface area contributed by atoms with Crippen molar-refractivity contribution in [1.82, 2.24) is 20.5 Å². The summed E-state index contributed by atoms with van der Waals surface area (Å²) in [5, 5.41) is 10.3. The number of piperazine rings is 1. The second kappa shape index (κ2) is 6.60. The van der Waals surface area contributed by atoms with Crippen LogP contribution >= 0.6 is 0 Å². The maximum Gasteiger partial charge on any atom is 0.243 e. The van der Waals surface area contributed by atoms with Gasteiger partial charge in [0.2, 0.25) is 11.8 Å². The molecule has 1 fully saturated rings. The van der Waals surface area contributed by atoms with Crippen LogP contribution in [0.15, 0.2) is 35.0 Å². The van der Waals surface area contributed by atoms with E-state index in [0.717, 1.165) is 5.56 Å². The van der Waals surface area contributed by atoms with Gasteiger partial charge in [-0.3, -0.25) is 9.59 Å². The highest BCUT2D eigenvalue weighted by atomic mass is 16.6. The fourth-order valence-electron chi connectivity index (χ4n) is 2.71. The van der Waals surface area contributed by atoms with Gasteiger partial charge < -0.3 is 10.2 Å². The predicted octanol–water partition coefficient (Wildman–Crippen LogP) is 0.490. The number of aryl methyl sites for hydroxylation is 1. The molecule has 2 heterocycles. The van der Waals surface area contributed by atoms with Crippen molar-refractivity contribution in [1.29, 1.82) is 0 Å². The largest absolute Gasteiger partial charge is 0.353 e. The molecule has 1 atom stereocenters. The summed E-state index contributed by atoms with van der Waals surface area (Å²) in [5.74, 6) is -0.261. The number of amides is 2. The zero-order valence-electron chi connectivity index (χ0n) is 12.9. The van der Waals surface area contributed by atoms with Crippen molar-refractivity contribution in [2.24, 2.45) is 0 Å². The Bertz CT molecular complexity index is 698. The molecule has 0 aliphatic carbocycles. The highest BCUT2D eigenvalue weighted by Crippen LogP contribution is 2.14. The summed E-state index contributed by atoms with van der Waals surface area (Å²) >= 11 is 0. The van der Waals surface area contributed by atoms with Gasteiger partial charge in [-0.25, -0.2) is 4.63 Å². The highest BCUT2D eigenvalue weighted by molar-refractivity contribution is 5.89. The standard InChI is InChI=1S/C16H18N4O3/c1-11-13(19-23-18-11)10-15(21)20-8-7-17-16(22)14(20)9-12-5-3-2-4-6-12/h2-6,14H,7-10H2,1H3,(H,17,22)/t14-/m1/s1. The van der Waals surface area contributed by atoms with Crippen LogP contribution in [0, 0.1) is 6.92 Å². The smallest absolute Gasteiger partial charge is 0.243 e. The van der Waals surface area contributed by atoms with E-state index in [0.29, 0.717) is 30.9 Å². The lowest BCUT2D eigenvalue weighted by Gasteiger charge is -2.35. The molecule has 3 rings (SSSR count). The van der Waals surface area contributed by atoms with Gasteiger partial charge in [0.25, 0.3) is 0 Å². The van der Waals surface area contributed by atoms with Crippen LogP contribution in [0.4, 0.5) is 0 Å². The van der Waals surface area contributed by atoms with Crippen LogP contribution in [0.25, 0.3) is 0 Å². The summed E-state index contributed by atoms with van der Waals surface area (Å²) in [6.45, 7) is 2.70. The van der Waals surface area contributed by atoms with E-state index in [9.17, 15) is 9.59 Å². The minimum absolute atomic E-state index is 0.0912. The first-order valence-electron chi connectivity index (χ1n) is 7.54. The summed E-state index contributed by atoms with van der Waals surface area (Å²) < 4.78 is 4.63. The first-order chi connectivity index (χ1) is 11.1. The number of hydrogen-bond acceptors (Lipinski definition) is 5. The third kappa shape index (κ3) is 3.39. The molecule has 7 heteroatoms. The third-order valence-electron chi connectivity index (χ3n) is 3.99. The SMILES string of the molecule is Cc1nonc1CC(=O)N1CCNC(=O)[C@H]1Cc1ccccc1.